The molecular weight excluding hydrogens is 206 g/mol. The van der Waals surface area contributed by atoms with Gasteiger partial charge in [-0.15, -0.1) is 0 Å². The van der Waals surface area contributed by atoms with E-state index in [0.29, 0.717) is 18.8 Å². The second-order valence-corrected chi connectivity index (χ2v) is 3.52. The third-order valence-electron chi connectivity index (χ3n) is 2.39. The lowest BCUT2D eigenvalue weighted by Crippen LogP contribution is -2.24. The Morgan fingerprint density at radius 3 is 2.88 bits per heavy atom. The monoisotopic (exact) mass is 219 g/mol. The third-order valence-corrected chi connectivity index (χ3v) is 2.39. The van der Waals surface area contributed by atoms with Gasteiger partial charge in [0.2, 0.25) is 0 Å². The number of aromatic nitrogens is 4. The molecule has 0 saturated heterocycles. The number of hydrogen-bond acceptors (Lipinski definition) is 4. The number of hydrogen-bond donors (Lipinski definition) is 1. The fourth-order valence-electron chi connectivity index (χ4n) is 1.49. The Labute approximate surface area is 92.3 Å². The maximum Gasteiger partial charge on any atom is 0.266 e. The van der Waals surface area contributed by atoms with Gasteiger partial charge in [-0.05, 0) is 12.1 Å². The average Bonchev–Trinajstić information content (AvgIpc) is 2.66. The molecule has 2 aromatic rings. The van der Waals surface area contributed by atoms with Crippen LogP contribution >= 0.6 is 0 Å². The van der Waals surface area contributed by atoms with E-state index < -0.39 is 0 Å². The lowest BCUT2D eigenvalue weighted by molar-refractivity contribution is 0.561. The van der Waals surface area contributed by atoms with Gasteiger partial charge in [0.15, 0.2) is 0 Å². The van der Waals surface area contributed by atoms with Crippen molar-refractivity contribution in [2.45, 2.75) is 13.0 Å². The van der Waals surface area contributed by atoms with E-state index in [4.69, 9.17) is 5.73 Å². The van der Waals surface area contributed by atoms with Gasteiger partial charge in [0.05, 0.1) is 6.54 Å². The van der Waals surface area contributed by atoms with Crippen LogP contribution in [0.15, 0.2) is 29.2 Å². The van der Waals surface area contributed by atoms with Crippen LogP contribution in [0.1, 0.15) is 5.69 Å². The molecular formula is C10H13N5O. The minimum Gasteiger partial charge on any atom is -0.382 e. The van der Waals surface area contributed by atoms with Crippen molar-refractivity contribution in [2.24, 2.45) is 7.05 Å². The summed E-state index contributed by atoms with van der Waals surface area (Å²) in [5.74, 6) is 0.351. The fourth-order valence-corrected chi connectivity index (χ4v) is 1.49. The molecule has 0 fully saturated rings. The zero-order valence-electron chi connectivity index (χ0n) is 9.00. The summed E-state index contributed by atoms with van der Waals surface area (Å²) < 4.78 is 3.14. The summed E-state index contributed by atoms with van der Waals surface area (Å²) in [5, 5.41) is 8.01. The smallest absolute Gasteiger partial charge is 0.266 e. The molecule has 16 heavy (non-hydrogen) atoms. The average molecular weight is 219 g/mol. The zero-order chi connectivity index (χ0) is 11.5. The topological polar surface area (TPSA) is 78.7 Å². The van der Waals surface area contributed by atoms with Gasteiger partial charge in [-0.1, -0.05) is 0 Å². The summed E-state index contributed by atoms with van der Waals surface area (Å²) in [6.07, 6.45) is 2.43. The highest BCUT2D eigenvalue weighted by Crippen LogP contribution is 1.99. The molecule has 0 atom stereocenters. The van der Waals surface area contributed by atoms with Gasteiger partial charge in [-0.2, -0.15) is 10.2 Å². The predicted octanol–water partition coefficient (Wildman–Crippen LogP) is -0.198. The van der Waals surface area contributed by atoms with E-state index in [0.717, 1.165) is 5.69 Å². The van der Waals surface area contributed by atoms with Crippen molar-refractivity contribution in [2.75, 3.05) is 5.73 Å². The second kappa shape index (κ2) is 4.18. The van der Waals surface area contributed by atoms with Crippen molar-refractivity contribution in [3.8, 4) is 0 Å². The molecule has 0 amide bonds. The Morgan fingerprint density at radius 1 is 1.38 bits per heavy atom. The van der Waals surface area contributed by atoms with E-state index >= 15 is 0 Å². The summed E-state index contributed by atoms with van der Waals surface area (Å²) in [6, 6.07) is 4.84. The van der Waals surface area contributed by atoms with E-state index in [9.17, 15) is 4.79 Å². The number of anilines is 1. The third kappa shape index (κ3) is 2.10. The number of rotatable bonds is 3. The van der Waals surface area contributed by atoms with Gasteiger partial charge in [-0.25, -0.2) is 4.68 Å². The van der Waals surface area contributed by atoms with Gasteiger partial charge in [0.1, 0.15) is 5.82 Å². The molecule has 0 saturated carbocycles. The summed E-state index contributed by atoms with van der Waals surface area (Å²) >= 11 is 0. The molecule has 2 aromatic heterocycles. The summed E-state index contributed by atoms with van der Waals surface area (Å²) in [5.41, 5.74) is 6.43. The highest BCUT2D eigenvalue weighted by atomic mass is 16.1. The zero-order valence-corrected chi connectivity index (χ0v) is 9.00. The molecule has 0 aliphatic heterocycles. The van der Waals surface area contributed by atoms with Crippen molar-refractivity contribution in [3.05, 3.63) is 40.4 Å². The first-order chi connectivity index (χ1) is 7.66. The Kier molecular flexibility index (Phi) is 2.72. The Hall–Kier alpha value is -2.11. The van der Waals surface area contributed by atoms with Crippen molar-refractivity contribution in [1.29, 1.82) is 0 Å². The molecule has 6 nitrogen and oxygen atoms in total. The molecule has 0 aromatic carbocycles. The molecule has 0 unspecified atom stereocenters. The molecule has 84 valence electrons. The Morgan fingerprint density at radius 2 is 2.19 bits per heavy atom. The molecule has 2 N–H and O–H groups in total. The molecule has 2 rings (SSSR count). The summed E-state index contributed by atoms with van der Waals surface area (Å²) in [6.45, 7) is 0.503. The normalized spacial score (nSPS) is 10.6. The van der Waals surface area contributed by atoms with Gasteiger partial charge in [0, 0.05) is 31.4 Å². The van der Waals surface area contributed by atoms with Gasteiger partial charge in [-0.3, -0.25) is 9.48 Å². The van der Waals surface area contributed by atoms with Crippen LogP contribution in [0.25, 0.3) is 0 Å². The van der Waals surface area contributed by atoms with E-state index in [1.807, 2.05) is 13.1 Å². The minimum atomic E-state index is -0.142. The first-order valence-electron chi connectivity index (χ1n) is 4.97. The van der Waals surface area contributed by atoms with E-state index in [-0.39, 0.29) is 5.56 Å². The van der Waals surface area contributed by atoms with Crippen LogP contribution in [0.4, 0.5) is 5.82 Å². The maximum absolute atomic E-state index is 11.4. The van der Waals surface area contributed by atoms with Crippen molar-refractivity contribution in [3.63, 3.8) is 0 Å². The van der Waals surface area contributed by atoms with Crippen molar-refractivity contribution in [1.82, 2.24) is 19.6 Å². The number of nitrogens with zero attached hydrogens (tertiary/aromatic N) is 4. The first-order valence-corrected chi connectivity index (χ1v) is 4.97. The van der Waals surface area contributed by atoms with Gasteiger partial charge in [0.25, 0.3) is 5.56 Å². The SMILES string of the molecule is Cn1nccc1CCn1nc(N)ccc1=O. The molecule has 0 aliphatic carbocycles. The van der Waals surface area contributed by atoms with Crippen LogP contribution < -0.4 is 11.3 Å². The van der Waals surface area contributed by atoms with Crippen LogP contribution in [0.3, 0.4) is 0 Å². The van der Waals surface area contributed by atoms with Crippen molar-refractivity contribution >= 4 is 5.82 Å². The van der Waals surface area contributed by atoms with Crippen LogP contribution in [0.5, 0.6) is 0 Å². The van der Waals surface area contributed by atoms with E-state index in [1.54, 1.807) is 10.9 Å². The first kappa shape index (κ1) is 10.4. The Balaban J connectivity index is 2.13. The largest absolute Gasteiger partial charge is 0.382 e. The second-order valence-electron chi connectivity index (χ2n) is 3.52. The van der Waals surface area contributed by atoms with Crippen LogP contribution in [-0.2, 0) is 20.0 Å². The molecule has 2 heterocycles. The highest BCUT2D eigenvalue weighted by molar-refractivity contribution is 5.23. The summed E-state index contributed by atoms with van der Waals surface area (Å²) in [4.78, 5) is 11.4. The standard InChI is InChI=1S/C10H13N5O/c1-14-8(4-6-12-14)5-7-15-10(16)3-2-9(11)13-15/h2-4,6H,5,7H2,1H3,(H2,11,13). The lowest BCUT2D eigenvalue weighted by atomic mass is 10.3. The van der Waals surface area contributed by atoms with Crippen molar-refractivity contribution < 1.29 is 0 Å². The minimum absolute atomic E-state index is 0.142. The van der Waals surface area contributed by atoms with Crippen LogP contribution in [-0.4, -0.2) is 19.6 Å². The van der Waals surface area contributed by atoms with Gasteiger partial charge >= 0.3 is 0 Å². The molecule has 0 radical (unpaired) electrons. The number of nitrogens with two attached hydrogens (primary N) is 1. The highest BCUT2D eigenvalue weighted by Gasteiger charge is 2.02. The molecule has 0 aliphatic rings. The molecule has 6 heteroatoms. The number of aryl methyl sites for hydroxylation is 3. The Bertz CT molecular complexity index is 542. The van der Waals surface area contributed by atoms with Crippen LogP contribution in [0.2, 0.25) is 0 Å². The quantitative estimate of drug-likeness (QED) is 0.775. The number of nitrogen functional groups attached to an aromatic ring is 1. The predicted molar refractivity (Wildman–Crippen MR) is 59.8 cm³/mol. The van der Waals surface area contributed by atoms with Gasteiger partial charge < -0.3 is 5.73 Å². The van der Waals surface area contributed by atoms with Crippen LogP contribution in [0, 0.1) is 0 Å². The molecule has 0 bridgehead atoms. The summed E-state index contributed by atoms with van der Waals surface area (Å²) in [7, 11) is 1.87. The van der Waals surface area contributed by atoms with E-state index in [2.05, 4.69) is 10.2 Å². The van der Waals surface area contributed by atoms with E-state index in [1.165, 1.54) is 16.8 Å². The lowest BCUT2D eigenvalue weighted by Gasteiger charge is -2.05. The maximum atomic E-state index is 11.4. The molecule has 0 spiro atoms. The fraction of sp³-hybridized carbons (Fsp3) is 0.300.